The summed E-state index contributed by atoms with van der Waals surface area (Å²) in [6.45, 7) is 0. The largest absolute Gasteiger partial charge is 0.267 e. The lowest BCUT2D eigenvalue weighted by atomic mass is 10.1. The van der Waals surface area contributed by atoms with Gasteiger partial charge in [-0.3, -0.25) is 9.44 Å². The van der Waals surface area contributed by atoms with E-state index >= 15 is 0 Å². The normalized spacial score (nSPS) is 12.8. The molecule has 0 saturated carbocycles. The van der Waals surface area contributed by atoms with E-state index in [-0.39, 0.29) is 20.1 Å². The molecule has 0 radical (unpaired) electrons. The molecule has 2 aromatic heterocycles. The number of rotatable bonds is 9. The summed E-state index contributed by atoms with van der Waals surface area (Å²) in [7, 11) is -16.5. The third-order valence-electron chi connectivity index (χ3n) is 4.41. The van der Waals surface area contributed by atoms with Gasteiger partial charge in [-0.05, 0) is 35.4 Å². The first-order valence-electron chi connectivity index (χ1n) is 9.53. The molecule has 0 spiro atoms. The van der Waals surface area contributed by atoms with Crippen LogP contribution < -0.4 is 19.7 Å². The van der Waals surface area contributed by atoms with Crippen LogP contribution in [0.4, 0.5) is 10.3 Å². The molecule has 2 heterocycles. The van der Waals surface area contributed by atoms with E-state index < -0.39 is 48.8 Å². The number of benzene rings is 2. The van der Waals surface area contributed by atoms with Crippen LogP contribution >= 0.6 is 22.7 Å². The lowest BCUT2D eigenvalue weighted by molar-refractivity contribution is 0.594. The number of anilines is 2. The number of nitrogens with one attached hydrogen (secondary N) is 2. The Morgan fingerprint density at radius 2 is 0.842 bits per heavy atom. The summed E-state index contributed by atoms with van der Waals surface area (Å²) < 4.78 is 98.7. The van der Waals surface area contributed by atoms with Gasteiger partial charge in [-0.2, -0.15) is 0 Å². The fourth-order valence-corrected chi connectivity index (χ4v) is 7.86. The molecule has 38 heavy (non-hydrogen) atoms. The van der Waals surface area contributed by atoms with E-state index in [1.54, 1.807) is 0 Å². The molecule has 6 N–H and O–H groups in total. The van der Waals surface area contributed by atoms with Crippen LogP contribution in [-0.4, -0.2) is 54.1 Å². The van der Waals surface area contributed by atoms with Crippen molar-refractivity contribution >= 4 is 73.0 Å². The van der Waals surface area contributed by atoms with Crippen molar-refractivity contribution in [2.75, 3.05) is 9.44 Å². The van der Waals surface area contributed by atoms with Crippen LogP contribution in [0.15, 0.2) is 67.0 Å². The molecule has 0 aliphatic carbocycles. The summed E-state index contributed by atoms with van der Waals surface area (Å²) in [5, 5.41) is 22.8. The van der Waals surface area contributed by atoms with Crippen molar-refractivity contribution in [2.24, 2.45) is 10.3 Å². The van der Waals surface area contributed by atoms with Crippen LogP contribution in [0, 0.1) is 0 Å². The summed E-state index contributed by atoms with van der Waals surface area (Å²) in [4.78, 5) is -0.319. The van der Waals surface area contributed by atoms with Crippen molar-refractivity contribution in [1.82, 2.24) is 20.4 Å². The average molecular weight is 639 g/mol. The number of aromatic nitrogens is 4. The van der Waals surface area contributed by atoms with E-state index in [9.17, 15) is 33.7 Å². The molecule has 4 aromatic rings. The number of primary sulfonamides is 2. The van der Waals surface area contributed by atoms with Gasteiger partial charge in [0.15, 0.2) is 0 Å². The third kappa shape index (κ3) is 6.29. The highest BCUT2D eigenvalue weighted by molar-refractivity contribution is 7.94. The summed E-state index contributed by atoms with van der Waals surface area (Å²) in [5.74, 6) is 0. The monoisotopic (exact) mass is 638 g/mol. The molecule has 0 amide bonds. The second kappa shape index (κ2) is 9.88. The summed E-state index contributed by atoms with van der Waals surface area (Å²) in [6.07, 6.45) is 0. The zero-order chi connectivity index (χ0) is 27.9. The number of nitrogens with two attached hydrogens (primary N) is 2. The van der Waals surface area contributed by atoms with Gasteiger partial charge in [-0.1, -0.05) is 46.9 Å². The van der Waals surface area contributed by atoms with Crippen LogP contribution in [0.5, 0.6) is 0 Å². The van der Waals surface area contributed by atoms with Gasteiger partial charge in [0.2, 0.25) is 18.9 Å². The molecule has 202 valence electrons. The van der Waals surface area contributed by atoms with Gasteiger partial charge in [0.05, 0.1) is 9.79 Å². The first-order chi connectivity index (χ1) is 17.5. The van der Waals surface area contributed by atoms with E-state index in [0.717, 1.165) is 0 Å². The molecular formula is C16H14N8O8S6. The van der Waals surface area contributed by atoms with E-state index in [2.05, 4.69) is 29.8 Å². The highest BCUT2D eigenvalue weighted by Crippen LogP contribution is 2.27. The smallest absolute Gasteiger partial charge is 0.253 e. The Morgan fingerprint density at radius 1 is 0.526 bits per heavy atom. The molecule has 2 aromatic carbocycles. The minimum Gasteiger partial charge on any atom is -0.253 e. The fraction of sp³-hybridized carbons (Fsp3) is 0. The maximum absolute atomic E-state index is 12.6. The lowest BCUT2D eigenvalue weighted by Crippen LogP contribution is -2.13. The Kier molecular flexibility index (Phi) is 7.26. The highest BCUT2D eigenvalue weighted by atomic mass is 32.3. The number of hydrogen-bond donors (Lipinski definition) is 4. The maximum atomic E-state index is 12.6. The first-order valence-corrected chi connectivity index (χ1v) is 17.2. The number of hydrogen-bond acceptors (Lipinski definition) is 14. The maximum Gasteiger partial charge on any atom is 0.267 e. The van der Waals surface area contributed by atoms with Gasteiger partial charge in [-0.15, -0.1) is 20.4 Å². The van der Waals surface area contributed by atoms with Crippen molar-refractivity contribution in [3.05, 3.63) is 48.5 Å². The van der Waals surface area contributed by atoms with Gasteiger partial charge < -0.3 is 0 Å². The van der Waals surface area contributed by atoms with Crippen molar-refractivity contribution in [3.63, 3.8) is 0 Å². The Morgan fingerprint density at radius 3 is 1.11 bits per heavy atom. The third-order valence-corrected chi connectivity index (χ3v) is 11.7. The van der Waals surface area contributed by atoms with Gasteiger partial charge in [0, 0.05) is 0 Å². The summed E-state index contributed by atoms with van der Waals surface area (Å²) >= 11 is 0.897. The minimum absolute atomic E-state index is 0.159. The van der Waals surface area contributed by atoms with Crippen molar-refractivity contribution < 1.29 is 33.7 Å². The van der Waals surface area contributed by atoms with Gasteiger partial charge in [0.1, 0.15) is 0 Å². The summed E-state index contributed by atoms with van der Waals surface area (Å²) in [6, 6.07) is 11.0. The Hall–Kier alpha value is -3.12. The molecule has 0 bridgehead atoms. The van der Waals surface area contributed by atoms with Crippen LogP contribution in [-0.2, 0) is 40.1 Å². The van der Waals surface area contributed by atoms with Crippen LogP contribution in [0.1, 0.15) is 0 Å². The molecule has 16 nitrogen and oxygen atoms in total. The second-order valence-electron chi connectivity index (χ2n) is 7.10. The molecule has 0 unspecified atom stereocenters. The molecular weight excluding hydrogens is 625 g/mol. The Labute approximate surface area is 224 Å². The molecule has 0 aliphatic rings. The van der Waals surface area contributed by atoms with Crippen LogP contribution in [0.2, 0.25) is 0 Å². The zero-order valence-corrected chi connectivity index (χ0v) is 23.2. The van der Waals surface area contributed by atoms with E-state index in [1.165, 1.54) is 48.5 Å². The number of nitrogens with zero attached hydrogens (tertiary/aromatic N) is 4. The topological polar surface area (TPSA) is 264 Å². The fourth-order valence-electron chi connectivity index (χ4n) is 2.73. The van der Waals surface area contributed by atoms with Gasteiger partial charge >= 0.3 is 0 Å². The van der Waals surface area contributed by atoms with Crippen LogP contribution in [0.3, 0.4) is 0 Å². The lowest BCUT2D eigenvalue weighted by Gasteiger charge is -2.08. The molecule has 0 saturated heterocycles. The van der Waals surface area contributed by atoms with E-state index in [0.29, 0.717) is 33.8 Å². The first kappa shape index (κ1) is 27.9. The average Bonchev–Trinajstić information content (AvgIpc) is 3.48. The molecule has 0 fully saturated rings. The second-order valence-corrected chi connectivity index (χ2v) is 15.9. The molecule has 22 heteroatoms. The zero-order valence-electron chi connectivity index (χ0n) is 18.3. The predicted octanol–water partition coefficient (Wildman–Crippen LogP) is -0.0470. The SMILES string of the molecule is NS(=O)(=O)c1nnc(NS(=O)(=O)c2ccc(-c3ccc(S(=O)(=O)Nc4nnc(S(N)(=O)=O)s4)cc3)cc2)s1. The van der Waals surface area contributed by atoms with Crippen molar-refractivity contribution in [1.29, 1.82) is 0 Å². The molecule has 0 aliphatic heterocycles. The quantitative estimate of drug-likeness (QED) is 0.188. The number of sulfonamides is 4. The van der Waals surface area contributed by atoms with E-state index in [4.69, 9.17) is 10.3 Å². The molecule has 0 atom stereocenters. The van der Waals surface area contributed by atoms with Gasteiger partial charge in [-0.25, -0.2) is 43.9 Å². The highest BCUT2D eigenvalue weighted by Gasteiger charge is 2.22. The van der Waals surface area contributed by atoms with E-state index in [1.807, 2.05) is 0 Å². The van der Waals surface area contributed by atoms with Crippen LogP contribution in [0.25, 0.3) is 11.1 Å². The van der Waals surface area contributed by atoms with Crippen molar-refractivity contribution in [3.8, 4) is 11.1 Å². The standard InChI is InChI=1S/C16H14N8O8S6/c17-35(25,26)15-21-19-13(33-15)23-37(29,30)11-5-1-9(2-6-11)10-3-7-12(8-4-10)38(31,32)24-14-20-22-16(34-14)36(18,27)28/h1-8H,(H,19,23)(H,20,24)(H2,17,25,26)(H2,18,27,28). The van der Waals surface area contributed by atoms with Gasteiger partial charge in [0.25, 0.3) is 40.1 Å². The summed E-state index contributed by atoms with van der Waals surface area (Å²) in [5.41, 5.74) is 1.10. The predicted molar refractivity (Wildman–Crippen MR) is 136 cm³/mol. The Bertz CT molecular complexity index is 1790. The molecule has 4 rings (SSSR count). The minimum atomic E-state index is -4.13. The van der Waals surface area contributed by atoms with Crippen molar-refractivity contribution in [2.45, 2.75) is 18.5 Å². The Balaban J connectivity index is 1.49.